The van der Waals surface area contributed by atoms with Crippen molar-refractivity contribution in [3.63, 3.8) is 0 Å². The second-order valence-electron chi connectivity index (χ2n) is 5.17. The van der Waals surface area contributed by atoms with E-state index < -0.39 is 0 Å². The van der Waals surface area contributed by atoms with Crippen LogP contribution >= 0.6 is 0 Å². The van der Waals surface area contributed by atoms with E-state index in [2.05, 4.69) is 5.32 Å². The Balaban J connectivity index is 1.97. The number of piperidine rings is 1. The predicted octanol–water partition coefficient (Wildman–Crippen LogP) is 2.37. The molecule has 6 nitrogen and oxygen atoms in total. The van der Waals surface area contributed by atoms with Crippen LogP contribution in [0, 0.1) is 17.2 Å². The molecule has 0 radical (unpaired) electrons. The summed E-state index contributed by atoms with van der Waals surface area (Å²) >= 11 is 0. The van der Waals surface area contributed by atoms with Gasteiger partial charge in [0.15, 0.2) is 0 Å². The predicted molar refractivity (Wildman–Crippen MR) is 81.1 cm³/mol. The van der Waals surface area contributed by atoms with Crippen molar-refractivity contribution >= 4 is 17.7 Å². The zero-order valence-electron chi connectivity index (χ0n) is 12.5. The van der Waals surface area contributed by atoms with Crippen LogP contribution in [0.3, 0.4) is 0 Å². The Kier molecular flexibility index (Phi) is 5.37. The van der Waals surface area contributed by atoms with Gasteiger partial charge in [-0.2, -0.15) is 5.26 Å². The van der Waals surface area contributed by atoms with Crippen molar-refractivity contribution in [1.29, 1.82) is 5.26 Å². The normalized spacial score (nSPS) is 17.5. The maximum Gasteiger partial charge on any atom is 0.409 e. The number of amides is 2. The monoisotopic (exact) mass is 301 g/mol. The van der Waals surface area contributed by atoms with E-state index in [9.17, 15) is 9.59 Å². The quantitative estimate of drug-likeness (QED) is 0.929. The average molecular weight is 301 g/mol. The molecule has 1 N–H and O–H groups in total. The van der Waals surface area contributed by atoms with Crippen LogP contribution in [0.4, 0.5) is 10.5 Å². The zero-order chi connectivity index (χ0) is 15.9. The summed E-state index contributed by atoms with van der Waals surface area (Å²) in [5, 5.41) is 11.7. The Morgan fingerprint density at radius 3 is 3.05 bits per heavy atom. The SMILES string of the molecule is CCOC(=O)N1CCCC(C(=O)Nc2cccc(C#N)c2)C1. The maximum absolute atomic E-state index is 12.3. The first-order valence-corrected chi connectivity index (χ1v) is 7.36. The first-order chi connectivity index (χ1) is 10.6. The van der Waals surface area contributed by atoms with Crippen molar-refractivity contribution in [3.05, 3.63) is 29.8 Å². The Labute approximate surface area is 129 Å². The first kappa shape index (κ1) is 15.8. The third-order valence-corrected chi connectivity index (χ3v) is 3.58. The molecule has 6 heteroatoms. The summed E-state index contributed by atoms with van der Waals surface area (Å²) in [7, 11) is 0. The molecule has 1 unspecified atom stereocenters. The van der Waals surface area contributed by atoms with E-state index in [-0.39, 0.29) is 17.9 Å². The Morgan fingerprint density at radius 1 is 1.50 bits per heavy atom. The van der Waals surface area contributed by atoms with Gasteiger partial charge in [-0.3, -0.25) is 4.79 Å². The van der Waals surface area contributed by atoms with Crippen molar-refractivity contribution < 1.29 is 14.3 Å². The smallest absolute Gasteiger partial charge is 0.409 e. The van der Waals surface area contributed by atoms with Crippen LogP contribution in [0.1, 0.15) is 25.3 Å². The molecule has 1 aromatic carbocycles. The summed E-state index contributed by atoms with van der Waals surface area (Å²) < 4.78 is 4.98. The van der Waals surface area contributed by atoms with Gasteiger partial charge in [0.25, 0.3) is 0 Å². The third kappa shape index (κ3) is 3.98. The fraction of sp³-hybridized carbons (Fsp3) is 0.438. The van der Waals surface area contributed by atoms with E-state index in [0.717, 1.165) is 12.8 Å². The van der Waals surface area contributed by atoms with Gasteiger partial charge in [-0.05, 0) is 38.0 Å². The highest BCUT2D eigenvalue weighted by molar-refractivity contribution is 5.93. The van der Waals surface area contributed by atoms with Gasteiger partial charge >= 0.3 is 6.09 Å². The number of nitrogens with zero attached hydrogens (tertiary/aromatic N) is 2. The lowest BCUT2D eigenvalue weighted by atomic mass is 9.97. The summed E-state index contributed by atoms with van der Waals surface area (Å²) in [5.41, 5.74) is 1.09. The number of nitrogens with one attached hydrogen (secondary N) is 1. The molecule has 116 valence electrons. The minimum Gasteiger partial charge on any atom is -0.450 e. The minimum atomic E-state index is -0.369. The molecule has 2 rings (SSSR count). The van der Waals surface area contributed by atoms with E-state index >= 15 is 0 Å². The molecular weight excluding hydrogens is 282 g/mol. The number of carbonyl (C=O) groups is 2. The minimum absolute atomic E-state index is 0.135. The van der Waals surface area contributed by atoms with Crippen molar-refractivity contribution in [2.45, 2.75) is 19.8 Å². The molecule has 22 heavy (non-hydrogen) atoms. The fourth-order valence-electron chi connectivity index (χ4n) is 2.48. The third-order valence-electron chi connectivity index (χ3n) is 3.58. The summed E-state index contributed by atoms with van der Waals surface area (Å²) in [4.78, 5) is 25.6. The van der Waals surface area contributed by atoms with Gasteiger partial charge in [-0.1, -0.05) is 6.07 Å². The standard InChI is InChI=1S/C16H19N3O3/c1-2-22-16(21)19-8-4-6-13(11-19)15(20)18-14-7-3-5-12(9-14)10-17/h3,5,7,9,13H,2,4,6,8,11H2,1H3,(H,18,20). The number of hydrogen-bond donors (Lipinski definition) is 1. The largest absolute Gasteiger partial charge is 0.450 e. The lowest BCUT2D eigenvalue weighted by molar-refractivity contribution is -0.121. The molecular formula is C16H19N3O3. The van der Waals surface area contributed by atoms with Crippen LogP contribution in [0.5, 0.6) is 0 Å². The van der Waals surface area contributed by atoms with Crippen LogP contribution in [-0.4, -0.2) is 36.6 Å². The lowest BCUT2D eigenvalue weighted by Crippen LogP contribution is -2.44. The van der Waals surface area contributed by atoms with Crippen LogP contribution < -0.4 is 5.32 Å². The lowest BCUT2D eigenvalue weighted by Gasteiger charge is -2.31. The van der Waals surface area contributed by atoms with Crippen LogP contribution in [0.15, 0.2) is 24.3 Å². The van der Waals surface area contributed by atoms with Crippen LogP contribution in [0.2, 0.25) is 0 Å². The number of ether oxygens (including phenoxy) is 1. The number of carbonyl (C=O) groups excluding carboxylic acids is 2. The highest BCUT2D eigenvalue weighted by Gasteiger charge is 2.29. The molecule has 1 atom stereocenters. The van der Waals surface area contributed by atoms with Crippen molar-refractivity contribution in [1.82, 2.24) is 4.90 Å². The van der Waals surface area contributed by atoms with E-state index in [1.165, 1.54) is 0 Å². The molecule has 0 saturated carbocycles. The van der Waals surface area contributed by atoms with Gasteiger partial charge in [-0.25, -0.2) is 4.79 Å². The number of benzene rings is 1. The molecule has 2 amide bonds. The number of rotatable bonds is 3. The molecule has 1 saturated heterocycles. The Bertz CT molecular complexity index is 595. The van der Waals surface area contributed by atoms with E-state index in [1.54, 1.807) is 36.1 Å². The molecule has 0 spiro atoms. The summed E-state index contributed by atoms with van der Waals surface area (Å²) in [5.74, 6) is -0.395. The summed E-state index contributed by atoms with van der Waals surface area (Å²) in [6.07, 6.45) is 1.14. The van der Waals surface area contributed by atoms with Gasteiger partial charge in [-0.15, -0.1) is 0 Å². The average Bonchev–Trinajstić information content (AvgIpc) is 2.55. The zero-order valence-corrected chi connectivity index (χ0v) is 12.5. The van der Waals surface area contributed by atoms with Crippen molar-refractivity contribution in [3.8, 4) is 6.07 Å². The second-order valence-corrected chi connectivity index (χ2v) is 5.17. The van der Waals surface area contributed by atoms with Gasteiger partial charge in [0.1, 0.15) is 0 Å². The number of likely N-dealkylation sites (tertiary alicyclic amines) is 1. The fourth-order valence-corrected chi connectivity index (χ4v) is 2.48. The number of anilines is 1. The molecule has 1 aromatic rings. The number of nitriles is 1. The molecule has 0 bridgehead atoms. The van der Waals surface area contributed by atoms with Crippen molar-refractivity contribution in [2.24, 2.45) is 5.92 Å². The van der Waals surface area contributed by atoms with Crippen LogP contribution in [0.25, 0.3) is 0 Å². The molecule has 0 aliphatic carbocycles. The highest BCUT2D eigenvalue weighted by atomic mass is 16.6. The molecule has 0 aromatic heterocycles. The molecule has 1 aliphatic rings. The number of hydrogen-bond acceptors (Lipinski definition) is 4. The summed E-state index contributed by atoms with van der Waals surface area (Å²) in [6, 6.07) is 8.81. The maximum atomic E-state index is 12.3. The van der Waals surface area contributed by atoms with Gasteiger partial charge < -0.3 is 15.0 Å². The Hall–Kier alpha value is -2.55. The Morgan fingerprint density at radius 2 is 2.32 bits per heavy atom. The van der Waals surface area contributed by atoms with Crippen molar-refractivity contribution in [2.75, 3.05) is 25.0 Å². The van der Waals surface area contributed by atoms with Gasteiger partial charge in [0.05, 0.1) is 24.2 Å². The van der Waals surface area contributed by atoms with Crippen LogP contribution in [-0.2, 0) is 9.53 Å². The van der Waals surface area contributed by atoms with E-state index in [1.807, 2.05) is 6.07 Å². The van der Waals surface area contributed by atoms with E-state index in [0.29, 0.717) is 30.9 Å². The molecule has 1 aliphatic heterocycles. The van der Waals surface area contributed by atoms with Gasteiger partial charge in [0.2, 0.25) is 5.91 Å². The highest BCUT2D eigenvalue weighted by Crippen LogP contribution is 2.20. The van der Waals surface area contributed by atoms with E-state index in [4.69, 9.17) is 10.00 Å². The molecule has 1 fully saturated rings. The molecule has 1 heterocycles. The topological polar surface area (TPSA) is 82.4 Å². The second kappa shape index (κ2) is 7.46. The van der Waals surface area contributed by atoms with Gasteiger partial charge in [0, 0.05) is 18.8 Å². The first-order valence-electron chi connectivity index (χ1n) is 7.36. The summed E-state index contributed by atoms with van der Waals surface area (Å²) in [6.45, 7) is 3.07.